The maximum atomic E-state index is 13.7. The molecule has 20 heavy (non-hydrogen) atoms. The summed E-state index contributed by atoms with van der Waals surface area (Å²) in [6, 6.07) is 4.89. The molecule has 0 amide bonds. The van der Waals surface area contributed by atoms with Gasteiger partial charge in [0.25, 0.3) is 0 Å². The molecule has 2 aromatic rings. The Hall–Kier alpha value is -1.69. The molecule has 1 aromatic heterocycles. The molecule has 0 saturated heterocycles. The fourth-order valence-corrected chi connectivity index (χ4v) is 2.54. The number of halogens is 1. The van der Waals surface area contributed by atoms with E-state index < -0.39 is 0 Å². The Morgan fingerprint density at radius 3 is 2.60 bits per heavy atom. The molecule has 0 fully saturated rings. The molecule has 0 radical (unpaired) electrons. The van der Waals surface area contributed by atoms with Crippen molar-refractivity contribution in [1.82, 2.24) is 9.36 Å². The molecule has 1 N–H and O–H groups in total. The molecule has 2 rings (SSSR count). The van der Waals surface area contributed by atoms with Crippen molar-refractivity contribution < 1.29 is 9.13 Å². The molecule has 0 bridgehead atoms. The van der Waals surface area contributed by atoms with Crippen molar-refractivity contribution in [3.8, 4) is 5.75 Å². The van der Waals surface area contributed by atoms with Crippen LogP contribution in [0.4, 0.5) is 9.52 Å². The van der Waals surface area contributed by atoms with Gasteiger partial charge >= 0.3 is 0 Å². The van der Waals surface area contributed by atoms with E-state index in [9.17, 15) is 4.39 Å². The first kappa shape index (κ1) is 14.7. The molecular weight excluding hydrogens is 277 g/mol. The number of benzene rings is 1. The van der Waals surface area contributed by atoms with Gasteiger partial charge in [0.15, 0.2) is 11.6 Å². The van der Waals surface area contributed by atoms with Gasteiger partial charge in [0, 0.05) is 17.5 Å². The van der Waals surface area contributed by atoms with Crippen LogP contribution in [0.2, 0.25) is 0 Å². The molecule has 0 aliphatic rings. The summed E-state index contributed by atoms with van der Waals surface area (Å²) in [4.78, 5) is 4.41. The number of hydrogen-bond acceptors (Lipinski definition) is 5. The maximum absolute atomic E-state index is 13.7. The van der Waals surface area contributed by atoms with Crippen LogP contribution in [0.3, 0.4) is 0 Å². The molecule has 6 heteroatoms. The van der Waals surface area contributed by atoms with Crippen molar-refractivity contribution in [2.75, 3.05) is 12.4 Å². The average Bonchev–Trinajstić information content (AvgIpc) is 2.87. The highest BCUT2D eigenvalue weighted by molar-refractivity contribution is 7.09. The van der Waals surface area contributed by atoms with Gasteiger partial charge in [0.1, 0.15) is 5.82 Å². The third-order valence-electron chi connectivity index (χ3n) is 2.97. The van der Waals surface area contributed by atoms with Crippen LogP contribution >= 0.6 is 11.5 Å². The summed E-state index contributed by atoms with van der Waals surface area (Å²) in [7, 11) is 1.45. The van der Waals surface area contributed by atoms with Gasteiger partial charge in [-0.25, -0.2) is 9.37 Å². The lowest BCUT2D eigenvalue weighted by molar-refractivity contribution is 0.386. The quantitative estimate of drug-likeness (QED) is 0.906. The minimum Gasteiger partial charge on any atom is -0.494 e. The van der Waals surface area contributed by atoms with Gasteiger partial charge < -0.3 is 10.1 Å². The van der Waals surface area contributed by atoms with Gasteiger partial charge in [-0.05, 0) is 24.6 Å². The van der Waals surface area contributed by atoms with Crippen molar-refractivity contribution in [2.45, 2.75) is 32.7 Å². The maximum Gasteiger partial charge on any atom is 0.203 e. The van der Waals surface area contributed by atoms with E-state index in [0.29, 0.717) is 5.92 Å². The van der Waals surface area contributed by atoms with Crippen molar-refractivity contribution in [3.63, 3.8) is 0 Å². The summed E-state index contributed by atoms with van der Waals surface area (Å²) in [5, 5.41) is 3.98. The van der Waals surface area contributed by atoms with Crippen LogP contribution in [0, 0.1) is 5.82 Å². The van der Waals surface area contributed by atoms with E-state index in [0.717, 1.165) is 16.5 Å². The fraction of sp³-hybridized carbons (Fsp3) is 0.429. The predicted molar refractivity (Wildman–Crippen MR) is 79.0 cm³/mol. The smallest absolute Gasteiger partial charge is 0.203 e. The van der Waals surface area contributed by atoms with E-state index in [1.165, 1.54) is 24.7 Å². The zero-order valence-corrected chi connectivity index (χ0v) is 12.8. The first-order valence-electron chi connectivity index (χ1n) is 6.44. The van der Waals surface area contributed by atoms with E-state index in [2.05, 4.69) is 14.7 Å². The molecule has 0 aliphatic heterocycles. The number of hydrogen-bond donors (Lipinski definition) is 1. The van der Waals surface area contributed by atoms with E-state index in [1.807, 2.05) is 26.8 Å². The Balaban J connectivity index is 2.10. The molecule has 108 valence electrons. The summed E-state index contributed by atoms with van der Waals surface area (Å²) < 4.78 is 22.9. The summed E-state index contributed by atoms with van der Waals surface area (Å²) in [5.41, 5.74) is 0.838. The Kier molecular flexibility index (Phi) is 4.54. The lowest BCUT2D eigenvalue weighted by atomic mass is 10.1. The largest absolute Gasteiger partial charge is 0.494 e. The summed E-state index contributed by atoms with van der Waals surface area (Å²) in [6.45, 7) is 6.06. The molecule has 1 heterocycles. The Morgan fingerprint density at radius 2 is 2.05 bits per heavy atom. The summed E-state index contributed by atoms with van der Waals surface area (Å²) >= 11 is 1.32. The molecule has 4 nitrogen and oxygen atoms in total. The Bertz CT molecular complexity index is 586. The third-order valence-corrected chi connectivity index (χ3v) is 3.63. The van der Waals surface area contributed by atoms with Crippen molar-refractivity contribution in [3.05, 3.63) is 35.4 Å². The monoisotopic (exact) mass is 295 g/mol. The highest BCUT2D eigenvalue weighted by Gasteiger charge is 2.13. The fourth-order valence-electron chi connectivity index (χ4n) is 1.75. The number of methoxy groups -OCH3 is 1. The second-order valence-electron chi connectivity index (χ2n) is 4.87. The molecular formula is C14H18FN3OS. The predicted octanol–water partition coefficient (Wildman–Crippen LogP) is 3.98. The highest BCUT2D eigenvalue weighted by Crippen LogP contribution is 2.25. The van der Waals surface area contributed by atoms with E-state index >= 15 is 0 Å². The van der Waals surface area contributed by atoms with Gasteiger partial charge in [-0.2, -0.15) is 4.37 Å². The first-order valence-corrected chi connectivity index (χ1v) is 7.22. The van der Waals surface area contributed by atoms with Crippen LogP contribution in [-0.2, 0) is 0 Å². The van der Waals surface area contributed by atoms with E-state index in [4.69, 9.17) is 4.74 Å². The number of nitrogens with one attached hydrogen (secondary N) is 1. The summed E-state index contributed by atoms with van der Waals surface area (Å²) in [6.07, 6.45) is 0. The molecule has 0 spiro atoms. The Labute approximate surface area is 122 Å². The van der Waals surface area contributed by atoms with Gasteiger partial charge in [-0.1, -0.05) is 19.9 Å². The Morgan fingerprint density at radius 1 is 1.30 bits per heavy atom. The van der Waals surface area contributed by atoms with E-state index in [1.54, 1.807) is 6.07 Å². The van der Waals surface area contributed by atoms with Gasteiger partial charge in [0.05, 0.1) is 13.2 Å². The highest BCUT2D eigenvalue weighted by atomic mass is 32.1. The zero-order chi connectivity index (χ0) is 14.7. The van der Waals surface area contributed by atoms with Crippen LogP contribution in [0.25, 0.3) is 0 Å². The van der Waals surface area contributed by atoms with Crippen molar-refractivity contribution in [1.29, 1.82) is 0 Å². The van der Waals surface area contributed by atoms with Gasteiger partial charge in [-0.15, -0.1) is 0 Å². The molecule has 0 saturated carbocycles. The van der Waals surface area contributed by atoms with Gasteiger partial charge in [-0.3, -0.25) is 0 Å². The molecule has 1 atom stereocenters. The average molecular weight is 295 g/mol. The number of aromatic nitrogens is 2. The molecule has 0 aliphatic carbocycles. The number of ether oxygens (including phenoxy) is 1. The van der Waals surface area contributed by atoms with Crippen molar-refractivity contribution >= 4 is 16.7 Å². The van der Waals surface area contributed by atoms with Crippen LogP contribution in [0.15, 0.2) is 18.2 Å². The summed E-state index contributed by atoms with van der Waals surface area (Å²) in [5.74, 6) is 1.01. The van der Waals surface area contributed by atoms with E-state index in [-0.39, 0.29) is 17.6 Å². The number of rotatable bonds is 5. The second-order valence-corrected chi connectivity index (χ2v) is 5.62. The lowest BCUT2D eigenvalue weighted by Crippen LogP contribution is -2.07. The van der Waals surface area contributed by atoms with Crippen LogP contribution in [0.5, 0.6) is 5.75 Å². The number of anilines is 1. The molecule has 1 aromatic carbocycles. The van der Waals surface area contributed by atoms with Crippen LogP contribution < -0.4 is 10.1 Å². The minimum atomic E-state index is -0.362. The SMILES string of the molecule is COc1ccc(C(C)Nc2nc(C(C)C)ns2)cc1F. The lowest BCUT2D eigenvalue weighted by Gasteiger charge is -2.14. The zero-order valence-electron chi connectivity index (χ0n) is 12.0. The third kappa shape index (κ3) is 3.25. The van der Waals surface area contributed by atoms with Crippen LogP contribution in [-0.4, -0.2) is 16.5 Å². The first-order chi connectivity index (χ1) is 9.51. The number of nitrogens with zero attached hydrogens (tertiary/aromatic N) is 2. The normalized spacial score (nSPS) is 12.5. The van der Waals surface area contributed by atoms with Gasteiger partial charge in [0.2, 0.25) is 5.13 Å². The second kappa shape index (κ2) is 6.17. The topological polar surface area (TPSA) is 47.0 Å². The van der Waals surface area contributed by atoms with Crippen molar-refractivity contribution in [2.24, 2.45) is 0 Å². The minimum absolute atomic E-state index is 0.0524. The standard InChI is InChI=1S/C14H18FN3OS/c1-8(2)13-17-14(20-18-13)16-9(3)10-5-6-12(19-4)11(15)7-10/h5-9H,1-4H3,(H,16,17,18). The van der Waals surface area contributed by atoms with Crippen LogP contribution in [0.1, 0.15) is 44.1 Å². The molecule has 1 unspecified atom stereocenters.